The quantitative estimate of drug-likeness (QED) is 0.923. The van der Waals surface area contributed by atoms with Crippen LogP contribution in [0.15, 0.2) is 24.3 Å². The molecule has 2 aliphatic rings. The third kappa shape index (κ3) is 3.09. The molecule has 2 N–H and O–H groups in total. The average molecular weight is 288 g/mol. The normalized spacial score (nSPS) is 30.6. The molecule has 0 amide bonds. The summed E-state index contributed by atoms with van der Waals surface area (Å²) < 4.78 is 5.80. The van der Waals surface area contributed by atoms with Crippen LogP contribution in [0.3, 0.4) is 0 Å². The molecule has 1 aromatic rings. The van der Waals surface area contributed by atoms with Gasteiger partial charge in [0.15, 0.2) is 0 Å². The molecule has 3 nitrogen and oxygen atoms in total. The van der Waals surface area contributed by atoms with Crippen LogP contribution in [-0.2, 0) is 0 Å². The predicted molar refractivity (Wildman–Crippen MR) is 86.4 cm³/mol. The smallest absolute Gasteiger partial charge is 0.120 e. The minimum atomic E-state index is 0.137. The Morgan fingerprint density at radius 2 is 1.86 bits per heavy atom. The van der Waals surface area contributed by atoms with Gasteiger partial charge in [0.05, 0.1) is 6.10 Å². The number of benzene rings is 1. The highest BCUT2D eigenvalue weighted by atomic mass is 16.5. The Morgan fingerprint density at radius 3 is 2.48 bits per heavy atom. The van der Waals surface area contributed by atoms with Crippen molar-refractivity contribution in [3.63, 3.8) is 0 Å². The summed E-state index contributed by atoms with van der Waals surface area (Å²) in [5.74, 6) is 1.54. The van der Waals surface area contributed by atoms with Crippen molar-refractivity contribution in [2.45, 2.75) is 63.8 Å². The van der Waals surface area contributed by atoms with Gasteiger partial charge in [-0.2, -0.15) is 0 Å². The van der Waals surface area contributed by atoms with E-state index in [2.05, 4.69) is 44.0 Å². The van der Waals surface area contributed by atoms with Crippen molar-refractivity contribution in [3.8, 4) is 5.75 Å². The van der Waals surface area contributed by atoms with E-state index in [0.29, 0.717) is 5.92 Å². The van der Waals surface area contributed by atoms with Crippen LogP contribution in [0.1, 0.15) is 51.1 Å². The summed E-state index contributed by atoms with van der Waals surface area (Å²) in [5.41, 5.74) is 7.82. The van der Waals surface area contributed by atoms with E-state index < -0.39 is 0 Å². The van der Waals surface area contributed by atoms with E-state index in [-0.39, 0.29) is 12.1 Å². The van der Waals surface area contributed by atoms with Crippen molar-refractivity contribution in [2.24, 2.45) is 11.7 Å². The summed E-state index contributed by atoms with van der Waals surface area (Å²) in [6.45, 7) is 4.11. The lowest BCUT2D eigenvalue weighted by atomic mass is 9.82. The molecule has 2 heterocycles. The first-order chi connectivity index (χ1) is 10.0. The Bertz CT molecular complexity index is 474. The van der Waals surface area contributed by atoms with Gasteiger partial charge in [0.1, 0.15) is 5.75 Å². The van der Waals surface area contributed by atoms with Crippen molar-refractivity contribution in [1.82, 2.24) is 4.90 Å². The molecule has 2 aliphatic heterocycles. The van der Waals surface area contributed by atoms with Gasteiger partial charge in [0.2, 0.25) is 0 Å². The molecule has 3 rings (SSSR count). The van der Waals surface area contributed by atoms with Gasteiger partial charge in [-0.05, 0) is 70.2 Å². The number of nitrogens with zero attached hydrogens (tertiary/aromatic N) is 1. The number of nitrogens with two attached hydrogens (primary N) is 1. The van der Waals surface area contributed by atoms with Gasteiger partial charge in [0.25, 0.3) is 0 Å². The fourth-order valence-corrected chi connectivity index (χ4v) is 4.09. The van der Waals surface area contributed by atoms with Crippen LogP contribution in [0, 0.1) is 5.92 Å². The first kappa shape index (κ1) is 14.9. The first-order valence-electron chi connectivity index (χ1n) is 8.28. The van der Waals surface area contributed by atoms with E-state index in [1.54, 1.807) is 0 Å². The highest BCUT2D eigenvalue weighted by Gasteiger charge is 2.40. The van der Waals surface area contributed by atoms with E-state index in [1.807, 2.05) is 6.07 Å². The highest BCUT2D eigenvalue weighted by Crippen LogP contribution is 2.41. The zero-order valence-electron chi connectivity index (χ0n) is 13.5. The molecule has 0 spiro atoms. The Hall–Kier alpha value is -1.06. The van der Waals surface area contributed by atoms with Crippen LogP contribution in [0.4, 0.5) is 0 Å². The number of hydrogen-bond acceptors (Lipinski definition) is 3. The minimum absolute atomic E-state index is 0.137. The van der Waals surface area contributed by atoms with Crippen molar-refractivity contribution in [2.75, 3.05) is 7.05 Å². The fourth-order valence-electron chi connectivity index (χ4n) is 4.09. The number of rotatable bonds is 4. The monoisotopic (exact) mass is 288 g/mol. The van der Waals surface area contributed by atoms with Crippen LogP contribution in [0.5, 0.6) is 5.75 Å². The molecule has 2 saturated heterocycles. The summed E-state index contributed by atoms with van der Waals surface area (Å²) in [5, 5.41) is 0. The molecular weight excluding hydrogens is 260 g/mol. The standard InChI is InChI=1S/C18H28N2O/c1-12(2)21-17-6-4-5-13(11-17)18(19)14-9-15-7-8-16(10-14)20(15)3/h4-6,11-12,14-16,18H,7-10,19H2,1-3H3. The van der Waals surface area contributed by atoms with Crippen LogP contribution in [0.25, 0.3) is 0 Å². The third-order valence-electron chi connectivity index (χ3n) is 5.26. The fraction of sp³-hybridized carbons (Fsp3) is 0.667. The predicted octanol–water partition coefficient (Wildman–Crippen LogP) is 3.35. The number of hydrogen-bond donors (Lipinski definition) is 1. The van der Waals surface area contributed by atoms with E-state index in [4.69, 9.17) is 10.5 Å². The zero-order chi connectivity index (χ0) is 15.0. The molecule has 116 valence electrons. The van der Waals surface area contributed by atoms with Crippen LogP contribution in [0.2, 0.25) is 0 Å². The van der Waals surface area contributed by atoms with Crippen LogP contribution >= 0.6 is 0 Å². The average Bonchev–Trinajstić information content (AvgIpc) is 2.67. The largest absolute Gasteiger partial charge is 0.491 e. The van der Waals surface area contributed by atoms with Gasteiger partial charge >= 0.3 is 0 Å². The number of piperidine rings is 1. The van der Waals surface area contributed by atoms with Gasteiger partial charge in [-0.15, -0.1) is 0 Å². The lowest BCUT2D eigenvalue weighted by Gasteiger charge is -2.39. The summed E-state index contributed by atoms with van der Waals surface area (Å²) in [6, 6.07) is 10.00. The van der Waals surface area contributed by atoms with Gasteiger partial charge in [-0.3, -0.25) is 0 Å². The molecule has 2 bridgehead atoms. The molecule has 0 aromatic heterocycles. The van der Waals surface area contributed by atoms with Crippen molar-refractivity contribution in [3.05, 3.63) is 29.8 Å². The van der Waals surface area contributed by atoms with Gasteiger partial charge in [0, 0.05) is 18.1 Å². The summed E-state index contributed by atoms with van der Waals surface area (Å²) in [6.07, 6.45) is 5.38. The van der Waals surface area contributed by atoms with Crippen LogP contribution in [-0.4, -0.2) is 30.1 Å². The topological polar surface area (TPSA) is 38.5 Å². The highest BCUT2D eigenvalue weighted by molar-refractivity contribution is 5.31. The second-order valence-corrected chi connectivity index (χ2v) is 7.05. The summed E-state index contributed by atoms with van der Waals surface area (Å²) >= 11 is 0. The second-order valence-electron chi connectivity index (χ2n) is 7.05. The lowest BCUT2D eigenvalue weighted by Crippen LogP contribution is -2.42. The molecule has 3 heteroatoms. The third-order valence-corrected chi connectivity index (χ3v) is 5.26. The number of ether oxygens (including phenoxy) is 1. The minimum Gasteiger partial charge on any atom is -0.491 e. The lowest BCUT2D eigenvalue weighted by molar-refractivity contribution is 0.120. The molecule has 0 radical (unpaired) electrons. The summed E-state index contributed by atoms with van der Waals surface area (Å²) in [4.78, 5) is 2.57. The van der Waals surface area contributed by atoms with Crippen molar-refractivity contribution < 1.29 is 4.74 Å². The molecular formula is C18H28N2O. The molecule has 0 aliphatic carbocycles. The van der Waals surface area contributed by atoms with Crippen LogP contribution < -0.4 is 10.5 Å². The number of fused-ring (bicyclic) bond motifs is 2. The SMILES string of the molecule is CC(C)Oc1cccc(C(N)C2CC3CCC(C2)N3C)c1. The second kappa shape index (κ2) is 5.98. The molecule has 3 atom stereocenters. The van der Waals surface area contributed by atoms with Gasteiger partial charge in [-0.25, -0.2) is 0 Å². The van der Waals surface area contributed by atoms with E-state index in [0.717, 1.165) is 17.8 Å². The Labute approximate surface area is 128 Å². The Kier molecular flexibility index (Phi) is 4.23. The Balaban J connectivity index is 1.72. The van der Waals surface area contributed by atoms with Crippen molar-refractivity contribution >= 4 is 0 Å². The maximum absolute atomic E-state index is 6.59. The molecule has 3 unspecified atom stereocenters. The molecule has 2 fully saturated rings. The van der Waals surface area contributed by atoms with E-state index >= 15 is 0 Å². The molecule has 1 aromatic carbocycles. The van der Waals surface area contributed by atoms with Gasteiger partial charge < -0.3 is 15.4 Å². The zero-order valence-corrected chi connectivity index (χ0v) is 13.5. The Morgan fingerprint density at radius 1 is 1.19 bits per heavy atom. The maximum atomic E-state index is 6.59. The maximum Gasteiger partial charge on any atom is 0.120 e. The molecule has 21 heavy (non-hydrogen) atoms. The molecule has 0 saturated carbocycles. The van der Waals surface area contributed by atoms with Crippen molar-refractivity contribution in [1.29, 1.82) is 0 Å². The van der Waals surface area contributed by atoms with E-state index in [1.165, 1.54) is 31.2 Å². The first-order valence-corrected chi connectivity index (χ1v) is 8.28. The van der Waals surface area contributed by atoms with E-state index in [9.17, 15) is 0 Å². The van der Waals surface area contributed by atoms with Gasteiger partial charge in [-0.1, -0.05) is 12.1 Å². The summed E-state index contributed by atoms with van der Waals surface area (Å²) in [7, 11) is 2.28.